The lowest BCUT2D eigenvalue weighted by molar-refractivity contribution is 0.188. The van der Waals surface area contributed by atoms with Crippen LogP contribution in [-0.4, -0.2) is 26.2 Å². The van der Waals surface area contributed by atoms with Gasteiger partial charge >= 0.3 is 0 Å². The third-order valence-corrected chi connectivity index (χ3v) is 3.69. The summed E-state index contributed by atoms with van der Waals surface area (Å²) in [7, 11) is 0. The van der Waals surface area contributed by atoms with Gasteiger partial charge in [0.1, 0.15) is 11.9 Å². The van der Waals surface area contributed by atoms with E-state index in [0.29, 0.717) is 5.92 Å². The minimum atomic E-state index is -0.440. The van der Waals surface area contributed by atoms with Crippen molar-refractivity contribution in [1.82, 2.24) is 9.55 Å². The zero-order chi connectivity index (χ0) is 12.0. The summed E-state index contributed by atoms with van der Waals surface area (Å²) in [6.45, 7) is 7.44. The summed E-state index contributed by atoms with van der Waals surface area (Å²) >= 11 is 1.79. The quantitative estimate of drug-likeness (QED) is 0.799. The van der Waals surface area contributed by atoms with E-state index in [1.165, 1.54) is 0 Å². The number of hydrogen-bond acceptors (Lipinski definition) is 3. The molecule has 1 aromatic heterocycles. The first-order chi connectivity index (χ1) is 7.65. The average molecular weight is 242 g/mol. The lowest BCUT2D eigenvalue weighted by atomic mass is 10.3. The average Bonchev–Trinajstić information content (AvgIpc) is 2.66. The van der Waals surface area contributed by atoms with Crippen molar-refractivity contribution in [2.24, 2.45) is 5.92 Å². The van der Waals surface area contributed by atoms with Crippen LogP contribution in [0.3, 0.4) is 0 Å². The Morgan fingerprint density at radius 2 is 2.19 bits per heavy atom. The van der Waals surface area contributed by atoms with Gasteiger partial charge in [-0.1, -0.05) is 20.8 Å². The summed E-state index contributed by atoms with van der Waals surface area (Å²) in [6.07, 6.45) is 4.33. The molecule has 0 bridgehead atoms. The van der Waals surface area contributed by atoms with Crippen LogP contribution in [0.1, 0.15) is 39.1 Å². The smallest absolute Gasteiger partial charge is 0.138 e. The van der Waals surface area contributed by atoms with Crippen LogP contribution in [0.4, 0.5) is 0 Å². The molecule has 16 heavy (non-hydrogen) atoms. The Morgan fingerprint density at radius 3 is 2.81 bits per heavy atom. The predicted molar refractivity (Wildman–Crippen MR) is 69.6 cm³/mol. The zero-order valence-electron chi connectivity index (χ0n) is 10.4. The predicted octanol–water partition coefficient (Wildman–Crippen LogP) is 2.72. The Balaban J connectivity index is 2.45. The molecule has 4 heteroatoms. The molecule has 1 unspecified atom stereocenters. The number of aliphatic hydroxyl groups excluding tert-OH is 1. The van der Waals surface area contributed by atoms with Gasteiger partial charge in [-0.05, 0) is 18.1 Å². The first-order valence-corrected chi connectivity index (χ1v) is 7.07. The Hall–Kier alpha value is -0.480. The van der Waals surface area contributed by atoms with Crippen molar-refractivity contribution in [2.75, 3.05) is 11.5 Å². The Kier molecular flexibility index (Phi) is 5.91. The van der Waals surface area contributed by atoms with E-state index in [1.54, 1.807) is 18.0 Å². The molecule has 1 rings (SSSR count). The standard InChI is InChI=1S/C12H22N2OS/c1-4-6-14-7-5-13-12(14)11(15)9-16-8-10(2)3/h5,7,10-11,15H,4,6,8-9H2,1-3H3. The van der Waals surface area contributed by atoms with Gasteiger partial charge in [0.05, 0.1) is 0 Å². The van der Waals surface area contributed by atoms with Gasteiger partial charge in [0.2, 0.25) is 0 Å². The van der Waals surface area contributed by atoms with Gasteiger partial charge in [-0.25, -0.2) is 4.98 Å². The van der Waals surface area contributed by atoms with Gasteiger partial charge in [-0.3, -0.25) is 0 Å². The molecular formula is C12H22N2OS. The lowest BCUT2D eigenvalue weighted by Crippen LogP contribution is -2.11. The maximum Gasteiger partial charge on any atom is 0.138 e. The Bertz CT molecular complexity index is 299. The fraction of sp³-hybridized carbons (Fsp3) is 0.750. The molecule has 0 aliphatic heterocycles. The lowest BCUT2D eigenvalue weighted by Gasteiger charge is -2.13. The number of aromatic nitrogens is 2. The molecule has 0 radical (unpaired) electrons. The number of aliphatic hydroxyl groups is 1. The number of aryl methyl sites for hydroxylation is 1. The minimum absolute atomic E-state index is 0.440. The second-order valence-electron chi connectivity index (χ2n) is 4.43. The summed E-state index contributed by atoms with van der Waals surface area (Å²) < 4.78 is 2.04. The van der Waals surface area contributed by atoms with Crippen molar-refractivity contribution in [1.29, 1.82) is 0 Å². The molecule has 1 atom stereocenters. The molecular weight excluding hydrogens is 220 g/mol. The molecule has 0 spiro atoms. The number of hydrogen-bond donors (Lipinski definition) is 1. The van der Waals surface area contributed by atoms with E-state index in [4.69, 9.17) is 0 Å². The Labute approximate surface area is 102 Å². The topological polar surface area (TPSA) is 38.0 Å². The second kappa shape index (κ2) is 6.97. The molecule has 0 amide bonds. The van der Waals surface area contributed by atoms with E-state index in [1.807, 2.05) is 10.8 Å². The van der Waals surface area contributed by atoms with Crippen molar-refractivity contribution < 1.29 is 5.11 Å². The number of thioether (sulfide) groups is 1. The summed E-state index contributed by atoms with van der Waals surface area (Å²) in [5.41, 5.74) is 0. The molecule has 1 aromatic rings. The van der Waals surface area contributed by atoms with Gasteiger partial charge in [0, 0.05) is 24.7 Å². The van der Waals surface area contributed by atoms with Crippen LogP contribution in [0.5, 0.6) is 0 Å². The van der Waals surface area contributed by atoms with Gasteiger partial charge in [0.25, 0.3) is 0 Å². The summed E-state index contributed by atoms with van der Waals surface area (Å²) in [5.74, 6) is 3.30. The van der Waals surface area contributed by atoms with Crippen molar-refractivity contribution >= 4 is 11.8 Å². The van der Waals surface area contributed by atoms with Gasteiger partial charge in [-0.15, -0.1) is 0 Å². The normalized spacial score (nSPS) is 13.3. The second-order valence-corrected chi connectivity index (χ2v) is 5.50. The number of rotatable bonds is 7. The molecule has 3 nitrogen and oxygen atoms in total. The maximum absolute atomic E-state index is 10.0. The highest BCUT2D eigenvalue weighted by atomic mass is 32.2. The van der Waals surface area contributed by atoms with E-state index in [2.05, 4.69) is 25.8 Å². The molecule has 0 fully saturated rings. The van der Waals surface area contributed by atoms with Crippen molar-refractivity contribution in [3.63, 3.8) is 0 Å². The first-order valence-electron chi connectivity index (χ1n) is 5.92. The van der Waals surface area contributed by atoms with Crippen molar-refractivity contribution in [2.45, 2.75) is 39.8 Å². The monoisotopic (exact) mass is 242 g/mol. The minimum Gasteiger partial charge on any atom is -0.384 e. The highest BCUT2D eigenvalue weighted by molar-refractivity contribution is 7.99. The van der Waals surface area contributed by atoms with Gasteiger partial charge in [0.15, 0.2) is 0 Å². The fourth-order valence-corrected chi connectivity index (χ4v) is 2.52. The molecule has 0 saturated carbocycles. The zero-order valence-corrected chi connectivity index (χ0v) is 11.2. The van der Waals surface area contributed by atoms with Crippen LogP contribution in [0.25, 0.3) is 0 Å². The maximum atomic E-state index is 10.0. The highest BCUT2D eigenvalue weighted by Crippen LogP contribution is 2.18. The summed E-state index contributed by atoms with van der Waals surface area (Å²) in [6, 6.07) is 0. The molecule has 0 aromatic carbocycles. The SMILES string of the molecule is CCCn1ccnc1C(O)CSCC(C)C. The molecule has 1 N–H and O–H groups in total. The molecule has 1 heterocycles. The van der Waals surface area contributed by atoms with E-state index in [9.17, 15) is 5.11 Å². The van der Waals surface area contributed by atoms with E-state index in [-0.39, 0.29) is 0 Å². The largest absolute Gasteiger partial charge is 0.384 e. The van der Waals surface area contributed by atoms with E-state index in [0.717, 1.165) is 30.3 Å². The first kappa shape index (κ1) is 13.6. The fourth-order valence-electron chi connectivity index (χ4n) is 1.54. The van der Waals surface area contributed by atoms with Crippen LogP contribution in [-0.2, 0) is 6.54 Å². The van der Waals surface area contributed by atoms with Crippen LogP contribution < -0.4 is 0 Å². The Morgan fingerprint density at radius 1 is 1.44 bits per heavy atom. The number of nitrogens with zero attached hydrogens (tertiary/aromatic N) is 2. The van der Waals surface area contributed by atoms with E-state index < -0.39 is 6.10 Å². The molecule has 0 aliphatic carbocycles. The molecule has 92 valence electrons. The summed E-state index contributed by atoms with van der Waals surface area (Å²) in [4.78, 5) is 4.23. The number of imidazole rings is 1. The van der Waals surface area contributed by atoms with Crippen LogP contribution >= 0.6 is 11.8 Å². The van der Waals surface area contributed by atoms with Crippen molar-refractivity contribution in [3.05, 3.63) is 18.2 Å². The van der Waals surface area contributed by atoms with Crippen LogP contribution in [0.15, 0.2) is 12.4 Å². The highest BCUT2D eigenvalue weighted by Gasteiger charge is 2.13. The third kappa shape index (κ3) is 4.18. The molecule has 0 saturated heterocycles. The molecule has 0 aliphatic rings. The van der Waals surface area contributed by atoms with Crippen LogP contribution in [0, 0.1) is 5.92 Å². The third-order valence-electron chi connectivity index (χ3n) is 2.24. The summed E-state index contributed by atoms with van der Waals surface area (Å²) in [5, 5.41) is 10.0. The van der Waals surface area contributed by atoms with Gasteiger partial charge < -0.3 is 9.67 Å². The van der Waals surface area contributed by atoms with Crippen LogP contribution in [0.2, 0.25) is 0 Å². The van der Waals surface area contributed by atoms with E-state index >= 15 is 0 Å². The van der Waals surface area contributed by atoms with Crippen molar-refractivity contribution in [3.8, 4) is 0 Å². The van der Waals surface area contributed by atoms with Gasteiger partial charge in [-0.2, -0.15) is 11.8 Å².